The Morgan fingerprint density at radius 1 is 0.793 bits per heavy atom. The summed E-state index contributed by atoms with van der Waals surface area (Å²) < 4.78 is 0. The summed E-state index contributed by atoms with van der Waals surface area (Å²) in [7, 11) is 0. The molecule has 0 saturated heterocycles. The quantitative estimate of drug-likeness (QED) is 0.474. The Morgan fingerprint density at radius 3 is 2.21 bits per heavy atom. The van der Waals surface area contributed by atoms with Crippen molar-refractivity contribution in [1.82, 2.24) is 0 Å². The van der Waals surface area contributed by atoms with Gasteiger partial charge in [0.25, 0.3) is 0 Å². The molecule has 0 fully saturated rings. The number of Topliss-reactive ketones (excluding diaryl/α,β-unsaturated/α-hetero) is 1. The molecule has 2 unspecified atom stereocenters. The Labute approximate surface area is 174 Å². The zero-order valence-electron chi connectivity index (χ0n) is 16.9. The van der Waals surface area contributed by atoms with Crippen LogP contribution in [0.4, 0.5) is 0 Å². The third kappa shape index (κ3) is 3.79. The Balaban J connectivity index is 1.22. The normalized spacial score (nSPS) is 27.2. The first kappa shape index (κ1) is 18.4. The van der Waals surface area contributed by atoms with Crippen LogP contribution in [0, 0.1) is 11.8 Å². The second-order valence-corrected chi connectivity index (χ2v) is 8.71. The molecule has 0 saturated carbocycles. The first-order valence-electron chi connectivity index (χ1n) is 11.0. The van der Waals surface area contributed by atoms with E-state index in [9.17, 15) is 4.79 Å². The Kier molecular flexibility index (Phi) is 5.06. The van der Waals surface area contributed by atoms with Gasteiger partial charge in [0.1, 0.15) is 5.78 Å². The fourth-order valence-electron chi connectivity index (χ4n) is 5.22. The van der Waals surface area contributed by atoms with E-state index in [4.69, 9.17) is 0 Å². The largest absolute Gasteiger partial charge is 0.299 e. The molecular weight excluding hydrogens is 352 g/mol. The number of hydrogen-bond acceptors (Lipinski definition) is 1. The average molecular weight is 381 g/mol. The second kappa shape index (κ2) is 7.99. The van der Waals surface area contributed by atoms with Gasteiger partial charge in [0.05, 0.1) is 0 Å². The first-order valence-corrected chi connectivity index (χ1v) is 11.0. The van der Waals surface area contributed by atoms with Crippen LogP contribution < -0.4 is 0 Å². The predicted octanol–water partition coefficient (Wildman–Crippen LogP) is 6.81. The van der Waals surface area contributed by atoms with Crippen LogP contribution in [0.3, 0.4) is 0 Å². The summed E-state index contributed by atoms with van der Waals surface area (Å²) in [5.74, 6) is 0.823. The van der Waals surface area contributed by atoms with E-state index < -0.39 is 0 Å². The molecule has 5 aliphatic carbocycles. The van der Waals surface area contributed by atoms with Crippen LogP contribution in [-0.4, -0.2) is 5.78 Å². The molecule has 1 heteroatoms. The lowest BCUT2D eigenvalue weighted by Crippen LogP contribution is -2.20. The van der Waals surface area contributed by atoms with Gasteiger partial charge in [-0.3, -0.25) is 4.79 Å². The maximum absolute atomic E-state index is 13.3. The Bertz CT molecular complexity index is 997. The van der Waals surface area contributed by atoms with Gasteiger partial charge >= 0.3 is 0 Å². The van der Waals surface area contributed by atoms with Gasteiger partial charge in [-0.15, -0.1) is 0 Å². The molecule has 146 valence electrons. The summed E-state index contributed by atoms with van der Waals surface area (Å²) in [6.07, 6.45) is 33.2. The van der Waals surface area contributed by atoms with E-state index in [1.807, 2.05) is 0 Å². The van der Waals surface area contributed by atoms with Crippen molar-refractivity contribution in [3.05, 3.63) is 106 Å². The van der Waals surface area contributed by atoms with Gasteiger partial charge in [-0.25, -0.2) is 0 Å². The SMILES string of the molecule is O=C(CCC1=CC=C(C2=CC=CC2)C1)C1C=C(C2=CC=CC2)CC1C1=CC=CC1. The summed E-state index contributed by atoms with van der Waals surface area (Å²) in [5, 5.41) is 0. The molecule has 2 atom stereocenters. The smallest absolute Gasteiger partial charge is 0.140 e. The second-order valence-electron chi connectivity index (χ2n) is 8.71. The topological polar surface area (TPSA) is 17.1 Å². The van der Waals surface area contributed by atoms with Gasteiger partial charge in [-0.2, -0.15) is 0 Å². The van der Waals surface area contributed by atoms with Crippen LogP contribution in [0.25, 0.3) is 0 Å². The molecule has 5 aliphatic rings. The molecular formula is C28H28O. The minimum atomic E-state index is 0.0498. The van der Waals surface area contributed by atoms with Crippen molar-refractivity contribution < 1.29 is 4.79 Å². The van der Waals surface area contributed by atoms with Crippen LogP contribution in [0.2, 0.25) is 0 Å². The van der Waals surface area contributed by atoms with Gasteiger partial charge in [0.15, 0.2) is 0 Å². The van der Waals surface area contributed by atoms with E-state index in [1.165, 1.54) is 33.4 Å². The molecule has 0 heterocycles. The van der Waals surface area contributed by atoms with Crippen LogP contribution >= 0.6 is 0 Å². The lowest BCUT2D eigenvalue weighted by Gasteiger charge is -2.20. The van der Waals surface area contributed by atoms with Crippen molar-refractivity contribution in [2.75, 3.05) is 0 Å². The molecule has 0 N–H and O–H groups in total. The summed E-state index contributed by atoms with van der Waals surface area (Å²) >= 11 is 0. The number of rotatable bonds is 7. The van der Waals surface area contributed by atoms with E-state index >= 15 is 0 Å². The van der Waals surface area contributed by atoms with Crippen LogP contribution in [0.5, 0.6) is 0 Å². The van der Waals surface area contributed by atoms with Gasteiger partial charge in [0, 0.05) is 12.3 Å². The molecule has 0 amide bonds. The summed E-state index contributed by atoms with van der Waals surface area (Å²) in [4.78, 5) is 13.3. The summed E-state index contributed by atoms with van der Waals surface area (Å²) in [5.41, 5.74) is 8.51. The molecule has 29 heavy (non-hydrogen) atoms. The highest BCUT2D eigenvalue weighted by Gasteiger charge is 2.35. The standard InChI is InChI=1S/C28H28O/c29-28(16-14-20-13-15-24(17-20)21-7-1-2-8-21)27-19-25(22-9-3-4-10-22)18-26(27)23-11-5-6-12-23/h1-7,9,11,13,15,19,26-27H,8,10,12,14,16-18H2. The minimum absolute atomic E-state index is 0.0498. The first-order chi connectivity index (χ1) is 14.3. The lowest BCUT2D eigenvalue weighted by molar-refractivity contribution is -0.122. The van der Waals surface area contributed by atoms with Crippen molar-refractivity contribution >= 4 is 5.78 Å². The van der Waals surface area contributed by atoms with Gasteiger partial charge in [-0.1, -0.05) is 84.1 Å². The number of ketones is 1. The van der Waals surface area contributed by atoms with E-state index in [0.29, 0.717) is 18.1 Å². The number of carbonyl (C=O) groups excluding carboxylic acids is 1. The number of carbonyl (C=O) groups is 1. The lowest BCUT2D eigenvalue weighted by atomic mass is 9.82. The van der Waals surface area contributed by atoms with E-state index in [-0.39, 0.29) is 5.92 Å². The van der Waals surface area contributed by atoms with Crippen LogP contribution in [0.1, 0.15) is 44.9 Å². The van der Waals surface area contributed by atoms with Crippen molar-refractivity contribution in [1.29, 1.82) is 0 Å². The minimum Gasteiger partial charge on any atom is -0.299 e. The molecule has 0 spiro atoms. The molecule has 0 bridgehead atoms. The van der Waals surface area contributed by atoms with Crippen molar-refractivity contribution in [3.8, 4) is 0 Å². The highest BCUT2D eigenvalue weighted by atomic mass is 16.1. The maximum atomic E-state index is 13.3. The monoisotopic (exact) mass is 380 g/mol. The molecule has 0 aromatic heterocycles. The van der Waals surface area contributed by atoms with Crippen molar-refractivity contribution in [2.45, 2.75) is 44.9 Å². The van der Waals surface area contributed by atoms with E-state index in [0.717, 1.165) is 38.5 Å². The summed E-state index contributed by atoms with van der Waals surface area (Å²) in [6, 6.07) is 0. The maximum Gasteiger partial charge on any atom is 0.140 e. The summed E-state index contributed by atoms with van der Waals surface area (Å²) in [6.45, 7) is 0. The highest BCUT2D eigenvalue weighted by Crippen LogP contribution is 2.43. The Morgan fingerprint density at radius 2 is 1.52 bits per heavy atom. The number of hydrogen-bond donors (Lipinski definition) is 0. The molecule has 1 nitrogen and oxygen atoms in total. The van der Waals surface area contributed by atoms with Gasteiger partial charge in [-0.05, 0) is 66.7 Å². The Hall–Kier alpha value is -2.67. The van der Waals surface area contributed by atoms with Gasteiger partial charge < -0.3 is 0 Å². The third-order valence-electron chi connectivity index (χ3n) is 6.90. The molecule has 0 aromatic carbocycles. The highest BCUT2D eigenvalue weighted by molar-refractivity contribution is 5.85. The third-order valence-corrected chi connectivity index (χ3v) is 6.90. The average Bonchev–Trinajstić information content (AvgIpc) is 3.56. The van der Waals surface area contributed by atoms with Crippen LogP contribution in [-0.2, 0) is 4.79 Å². The van der Waals surface area contributed by atoms with Crippen LogP contribution in [0.15, 0.2) is 106 Å². The fraction of sp³-hybridized carbons (Fsp3) is 0.321. The van der Waals surface area contributed by atoms with E-state index in [1.54, 1.807) is 0 Å². The molecule has 0 radical (unpaired) electrons. The molecule has 0 aliphatic heterocycles. The fourth-order valence-corrected chi connectivity index (χ4v) is 5.22. The van der Waals surface area contributed by atoms with E-state index in [2.05, 4.69) is 72.9 Å². The molecule has 5 rings (SSSR count). The van der Waals surface area contributed by atoms with Crippen molar-refractivity contribution in [2.24, 2.45) is 11.8 Å². The predicted molar refractivity (Wildman–Crippen MR) is 120 cm³/mol. The zero-order chi connectivity index (χ0) is 19.6. The van der Waals surface area contributed by atoms with Gasteiger partial charge in [0.2, 0.25) is 0 Å². The zero-order valence-corrected chi connectivity index (χ0v) is 16.9. The molecule has 0 aromatic rings. The number of allylic oxidation sites excluding steroid dienone is 18. The van der Waals surface area contributed by atoms with Crippen molar-refractivity contribution in [3.63, 3.8) is 0 Å².